The molecule has 2 aromatic rings. The minimum Gasteiger partial charge on any atom is -0.368 e. The Morgan fingerprint density at radius 1 is 1.21 bits per heavy atom. The monoisotopic (exact) mass is 439 g/mol. The molecule has 2 amide bonds. The molecule has 0 spiro atoms. The van der Waals surface area contributed by atoms with Crippen LogP contribution in [0.5, 0.6) is 0 Å². The van der Waals surface area contributed by atoms with E-state index in [1.807, 2.05) is 24.3 Å². The maximum Gasteiger partial charge on any atom is 0.270 e. The molecule has 0 heterocycles. The Bertz CT molecular complexity index is 794. The maximum absolute atomic E-state index is 12.2. The SMILES string of the molecule is NC(=O)[C@H](Cc1cccc(I)c1)NC(=O)c1cccc([N+](=O)[O-])c1. The van der Waals surface area contributed by atoms with Crippen molar-refractivity contribution >= 4 is 40.1 Å². The molecule has 0 bridgehead atoms. The Hall–Kier alpha value is -2.49. The van der Waals surface area contributed by atoms with Crippen molar-refractivity contribution < 1.29 is 14.5 Å². The molecule has 24 heavy (non-hydrogen) atoms. The number of carbonyl (C=O) groups excluding carboxylic acids is 2. The molecule has 2 rings (SSSR count). The molecule has 1 atom stereocenters. The largest absolute Gasteiger partial charge is 0.368 e. The highest BCUT2D eigenvalue weighted by atomic mass is 127. The Morgan fingerprint density at radius 3 is 2.54 bits per heavy atom. The zero-order valence-electron chi connectivity index (χ0n) is 12.4. The number of carbonyl (C=O) groups is 2. The number of benzene rings is 2. The second-order valence-corrected chi connectivity index (χ2v) is 6.32. The molecule has 7 nitrogen and oxygen atoms in total. The van der Waals surface area contributed by atoms with E-state index in [0.29, 0.717) is 0 Å². The molecule has 0 aliphatic rings. The van der Waals surface area contributed by atoms with E-state index in [-0.39, 0.29) is 17.7 Å². The number of hydrogen-bond acceptors (Lipinski definition) is 4. The van der Waals surface area contributed by atoms with Crippen molar-refractivity contribution in [2.75, 3.05) is 0 Å². The summed E-state index contributed by atoms with van der Waals surface area (Å²) in [4.78, 5) is 34.1. The second kappa shape index (κ2) is 7.86. The summed E-state index contributed by atoms with van der Waals surface area (Å²) in [5, 5.41) is 13.3. The smallest absolute Gasteiger partial charge is 0.270 e. The Balaban J connectivity index is 2.15. The van der Waals surface area contributed by atoms with Gasteiger partial charge in [0.1, 0.15) is 6.04 Å². The van der Waals surface area contributed by atoms with Crippen LogP contribution in [0.15, 0.2) is 48.5 Å². The number of nitrogens with one attached hydrogen (secondary N) is 1. The first-order valence-corrected chi connectivity index (χ1v) is 8.04. The van der Waals surface area contributed by atoms with Crippen molar-refractivity contribution in [2.24, 2.45) is 5.73 Å². The molecular formula is C16H14IN3O4. The quantitative estimate of drug-likeness (QED) is 0.407. The van der Waals surface area contributed by atoms with Gasteiger partial charge >= 0.3 is 0 Å². The lowest BCUT2D eigenvalue weighted by Crippen LogP contribution is -2.45. The van der Waals surface area contributed by atoms with Gasteiger partial charge in [0.25, 0.3) is 11.6 Å². The Labute approximate surface area is 151 Å². The Morgan fingerprint density at radius 2 is 1.92 bits per heavy atom. The van der Waals surface area contributed by atoms with Crippen LogP contribution < -0.4 is 11.1 Å². The average molecular weight is 439 g/mol. The molecule has 0 saturated heterocycles. The third-order valence-corrected chi connectivity index (χ3v) is 3.97. The number of halogens is 1. The molecule has 2 aromatic carbocycles. The normalized spacial score (nSPS) is 11.5. The fourth-order valence-corrected chi connectivity index (χ4v) is 2.73. The number of rotatable bonds is 6. The highest BCUT2D eigenvalue weighted by Crippen LogP contribution is 2.14. The summed E-state index contributed by atoms with van der Waals surface area (Å²) in [5.74, 6) is -1.26. The summed E-state index contributed by atoms with van der Waals surface area (Å²) in [6.07, 6.45) is 0.243. The van der Waals surface area contributed by atoms with Crippen LogP contribution in [0.4, 0.5) is 5.69 Å². The molecule has 0 aromatic heterocycles. The number of non-ortho nitro benzene ring substituents is 1. The zero-order valence-corrected chi connectivity index (χ0v) is 14.6. The van der Waals surface area contributed by atoms with Gasteiger partial charge in [-0.15, -0.1) is 0 Å². The third kappa shape index (κ3) is 4.75. The summed E-state index contributed by atoms with van der Waals surface area (Å²) < 4.78 is 0.998. The molecule has 8 heteroatoms. The summed E-state index contributed by atoms with van der Waals surface area (Å²) in [5.41, 5.74) is 6.11. The highest BCUT2D eigenvalue weighted by molar-refractivity contribution is 14.1. The lowest BCUT2D eigenvalue weighted by atomic mass is 10.0. The van der Waals surface area contributed by atoms with E-state index in [0.717, 1.165) is 15.2 Å². The van der Waals surface area contributed by atoms with E-state index in [1.165, 1.54) is 18.2 Å². The summed E-state index contributed by atoms with van der Waals surface area (Å²) in [6.45, 7) is 0. The zero-order chi connectivity index (χ0) is 17.7. The number of hydrogen-bond donors (Lipinski definition) is 2. The first kappa shape index (κ1) is 17.9. The number of nitro groups is 1. The van der Waals surface area contributed by atoms with Gasteiger partial charge in [0.15, 0.2) is 0 Å². The van der Waals surface area contributed by atoms with E-state index in [2.05, 4.69) is 27.9 Å². The first-order valence-electron chi connectivity index (χ1n) is 6.96. The van der Waals surface area contributed by atoms with Crippen molar-refractivity contribution in [3.8, 4) is 0 Å². The van der Waals surface area contributed by atoms with Crippen molar-refractivity contribution in [2.45, 2.75) is 12.5 Å². The predicted octanol–water partition coefficient (Wildman–Crippen LogP) is 2.03. The number of primary amides is 1. The number of nitrogens with zero attached hydrogens (tertiary/aromatic N) is 1. The van der Waals surface area contributed by atoms with Gasteiger partial charge in [-0.2, -0.15) is 0 Å². The van der Waals surface area contributed by atoms with Gasteiger partial charge in [-0.25, -0.2) is 0 Å². The van der Waals surface area contributed by atoms with E-state index in [9.17, 15) is 19.7 Å². The number of nitro benzene ring substituents is 1. The van der Waals surface area contributed by atoms with Crippen molar-refractivity contribution in [1.82, 2.24) is 5.32 Å². The first-order chi connectivity index (χ1) is 11.4. The van der Waals surface area contributed by atoms with E-state index >= 15 is 0 Å². The van der Waals surface area contributed by atoms with Gasteiger partial charge in [-0.05, 0) is 46.4 Å². The molecule has 0 saturated carbocycles. The van der Waals surface area contributed by atoms with Gasteiger partial charge in [-0.1, -0.05) is 18.2 Å². The summed E-state index contributed by atoms with van der Waals surface area (Å²) >= 11 is 2.15. The van der Waals surface area contributed by atoms with Crippen LogP contribution in [0.2, 0.25) is 0 Å². The van der Waals surface area contributed by atoms with Gasteiger partial charge in [0, 0.05) is 27.7 Å². The van der Waals surface area contributed by atoms with E-state index < -0.39 is 22.8 Å². The van der Waals surface area contributed by atoms with E-state index in [4.69, 9.17) is 5.73 Å². The summed E-state index contributed by atoms with van der Waals surface area (Å²) in [7, 11) is 0. The fraction of sp³-hybridized carbons (Fsp3) is 0.125. The van der Waals surface area contributed by atoms with Crippen LogP contribution in [0.3, 0.4) is 0 Å². The topological polar surface area (TPSA) is 115 Å². The molecule has 3 N–H and O–H groups in total. The lowest BCUT2D eigenvalue weighted by molar-refractivity contribution is -0.384. The minimum atomic E-state index is -0.907. The van der Waals surface area contributed by atoms with Crippen LogP contribution in [-0.2, 0) is 11.2 Å². The molecule has 0 unspecified atom stereocenters. The van der Waals surface area contributed by atoms with Gasteiger partial charge in [0.2, 0.25) is 5.91 Å². The third-order valence-electron chi connectivity index (χ3n) is 3.30. The fourth-order valence-electron chi connectivity index (χ4n) is 2.12. The van der Waals surface area contributed by atoms with Gasteiger partial charge in [-0.3, -0.25) is 19.7 Å². The molecule has 0 aliphatic heterocycles. The van der Waals surface area contributed by atoms with Crippen LogP contribution in [-0.4, -0.2) is 22.8 Å². The van der Waals surface area contributed by atoms with Gasteiger partial charge in [0.05, 0.1) is 4.92 Å². The van der Waals surface area contributed by atoms with E-state index in [1.54, 1.807) is 0 Å². The molecule has 0 fully saturated rings. The summed E-state index contributed by atoms with van der Waals surface area (Å²) in [6, 6.07) is 11.8. The van der Waals surface area contributed by atoms with Crippen LogP contribution in [0, 0.1) is 13.7 Å². The minimum absolute atomic E-state index is 0.0955. The van der Waals surface area contributed by atoms with Crippen LogP contribution in [0.1, 0.15) is 15.9 Å². The predicted molar refractivity (Wildman–Crippen MR) is 96.4 cm³/mol. The van der Waals surface area contributed by atoms with Crippen molar-refractivity contribution in [3.05, 3.63) is 73.3 Å². The molecule has 0 radical (unpaired) electrons. The molecular weight excluding hydrogens is 425 g/mol. The standard InChI is InChI=1S/C16H14IN3O4/c17-12-5-1-3-10(7-12)8-14(15(18)21)19-16(22)11-4-2-6-13(9-11)20(23)24/h1-7,9,14H,8H2,(H2,18,21)(H,19,22)/t14-/m0/s1. The number of nitrogens with two attached hydrogens (primary N) is 1. The van der Waals surface area contributed by atoms with Crippen LogP contribution >= 0.6 is 22.6 Å². The van der Waals surface area contributed by atoms with Crippen LogP contribution in [0.25, 0.3) is 0 Å². The molecule has 0 aliphatic carbocycles. The van der Waals surface area contributed by atoms with Crippen molar-refractivity contribution in [3.63, 3.8) is 0 Å². The highest BCUT2D eigenvalue weighted by Gasteiger charge is 2.20. The van der Waals surface area contributed by atoms with Crippen molar-refractivity contribution in [1.29, 1.82) is 0 Å². The van der Waals surface area contributed by atoms with Gasteiger partial charge < -0.3 is 11.1 Å². The number of amides is 2. The maximum atomic E-state index is 12.2. The molecule has 124 valence electrons. The second-order valence-electron chi connectivity index (χ2n) is 5.07. The average Bonchev–Trinajstić information content (AvgIpc) is 2.54. The Kier molecular flexibility index (Phi) is 5.85. The lowest BCUT2D eigenvalue weighted by Gasteiger charge is -2.16.